The number of hydrogen-bond donors (Lipinski definition) is 1. The Kier molecular flexibility index (Phi) is 1.71. The first-order chi connectivity index (χ1) is 5.27. The van der Waals surface area contributed by atoms with E-state index in [1.54, 1.807) is 6.07 Å². The molecule has 0 saturated heterocycles. The highest BCUT2D eigenvalue weighted by Gasteiger charge is 2.01. The second kappa shape index (κ2) is 2.68. The van der Waals surface area contributed by atoms with E-state index >= 15 is 0 Å². The molecule has 1 aromatic rings. The molecule has 1 aromatic heterocycles. The Labute approximate surface area is 63.5 Å². The Morgan fingerprint density at radius 3 is 2.55 bits per heavy atom. The molecule has 4 nitrogen and oxygen atoms in total. The molecule has 0 aliphatic rings. The minimum Gasteiger partial charge on any atom is -0.384 e. The Hall–Kier alpha value is -2.07. The monoisotopic (exact) mass is 144 g/mol. The van der Waals surface area contributed by atoms with Gasteiger partial charge in [-0.15, -0.1) is 0 Å². The van der Waals surface area contributed by atoms with Crippen molar-refractivity contribution in [1.29, 1.82) is 10.5 Å². The molecule has 0 aliphatic carbocycles. The van der Waals surface area contributed by atoms with Gasteiger partial charge < -0.3 is 5.73 Å². The van der Waals surface area contributed by atoms with Gasteiger partial charge in [-0.3, -0.25) is 0 Å². The molecule has 0 atom stereocenters. The molecule has 2 N–H and O–H groups in total. The zero-order chi connectivity index (χ0) is 8.27. The van der Waals surface area contributed by atoms with Crippen molar-refractivity contribution in [1.82, 2.24) is 4.98 Å². The highest BCUT2D eigenvalue weighted by molar-refractivity contribution is 5.45. The standard InChI is InChI=1S/C7H4N4/c8-3-5-1-2-7(10)11-6(5)4-9/h1-2H,(H2,10,11). The minimum atomic E-state index is 0.0764. The summed E-state index contributed by atoms with van der Waals surface area (Å²) >= 11 is 0. The Bertz CT molecular complexity index is 356. The second-order valence-electron chi connectivity index (χ2n) is 1.86. The molecule has 0 fully saturated rings. The van der Waals surface area contributed by atoms with Crippen molar-refractivity contribution in [2.45, 2.75) is 0 Å². The van der Waals surface area contributed by atoms with E-state index in [4.69, 9.17) is 16.3 Å². The van der Waals surface area contributed by atoms with Gasteiger partial charge in [-0.2, -0.15) is 10.5 Å². The largest absolute Gasteiger partial charge is 0.384 e. The van der Waals surface area contributed by atoms with E-state index in [-0.39, 0.29) is 17.1 Å². The average Bonchev–Trinajstić information content (AvgIpc) is 2.04. The summed E-state index contributed by atoms with van der Waals surface area (Å²) in [6.07, 6.45) is 0. The molecule has 0 aliphatic heterocycles. The first kappa shape index (κ1) is 7.04. The summed E-state index contributed by atoms with van der Waals surface area (Å²) in [4.78, 5) is 3.66. The van der Waals surface area contributed by atoms with Crippen molar-refractivity contribution in [3.05, 3.63) is 23.4 Å². The number of nitrogens with zero attached hydrogens (tertiary/aromatic N) is 3. The van der Waals surface area contributed by atoms with Crippen LogP contribution in [0.4, 0.5) is 5.82 Å². The summed E-state index contributed by atoms with van der Waals surface area (Å²) in [6, 6.07) is 6.57. The van der Waals surface area contributed by atoms with E-state index in [2.05, 4.69) is 4.98 Å². The highest BCUT2D eigenvalue weighted by atomic mass is 14.8. The van der Waals surface area contributed by atoms with Crippen LogP contribution < -0.4 is 5.73 Å². The van der Waals surface area contributed by atoms with E-state index in [1.807, 2.05) is 6.07 Å². The van der Waals surface area contributed by atoms with Crippen LogP contribution in [0.1, 0.15) is 11.3 Å². The molecule has 0 aromatic carbocycles. The van der Waals surface area contributed by atoms with E-state index in [0.29, 0.717) is 0 Å². The first-order valence-corrected chi connectivity index (χ1v) is 2.84. The van der Waals surface area contributed by atoms with Crippen LogP contribution in [-0.2, 0) is 0 Å². The smallest absolute Gasteiger partial charge is 0.160 e. The number of nitrogens with two attached hydrogens (primary N) is 1. The van der Waals surface area contributed by atoms with Crippen LogP contribution in [-0.4, -0.2) is 4.98 Å². The molecule has 1 heterocycles. The van der Waals surface area contributed by atoms with Gasteiger partial charge in [-0.05, 0) is 12.1 Å². The molecule has 1 rings (SSSR count). The number of aromatic nitrogens is 1. The Morgan fingerprint density at radius 1 is 1.27 bits per heavy atom. The van der Waals surface area contributed by atoms with E-state index in [0.717, 1.165) is 0 Å². The number of pyridine rings is 1. The van der Waals surface area contributed by atoms with E-state index < -0.39 is 0 Å². The van der Waals surface area contributed by atoms with Crippen LogP contribution in [0, 0.1) is 22.7 Å². The van der Waals surface area contributed by atoms with Crippen molar-refractivity contribution in [3.63, 3.8) is 0 Å². The third-order valence-corrected chi connectivity index (χ3v) is 1.14. The maximum atomic E-state index is 8.46. The van der Waals surface area contributed by atoms with Gasteiger partial charge in [0, 0.05) is 0 Å². The molecule has 0 unspecified atom stereocenters. The number of nitriles is 2. The molecular formula is C7H4N4. The van der Waals surface area contributed by atoms with Crippen molar-refractivity contribution >= 4 is 5.82 Å². The summed E-state index contributed by atoms with van der Waals surface area (Å²) < 4.78 is 0. The molecule has 0 saturated carbocycles. The maximum Gasteiger partial charge on any atom is 0.160 e. The quantitative estimate of drug-likeness (QED) is 0.571. The predicted octanol–water partition coefficient (Wildman–Crippen LogP) is 0.407. The lowest BCUT2D eigenvalue weighted by atomic mass is 10.2. The van der Waals surface area contributed by atoms with E-state index in [1.165, 1.54) is 12.1 Å². The number of nitrogen functional groups attached to an aromatic ring is 1. The maximum absolute atomic E-state index is 8.46. The van der Waals surface area contributed by atoms with Crippen LogP contribution in [0.3, 0.4) is 0 Å². The zero-order valence-electron chi connectivity index (χ0n) is 5.57. The molecular weight excluding hydrogens is 140 g/mol. The van der Waals surface area contributed by atoms with E-state index in [9.17, 15) is 0 Å². The fourth-order valence-corrected chi connectivity index (χ4v) is 0.650. The third kappa shape index (κ3) is 1.25. The lowest BCUT2D eigenvalue weighted by Gasteiger charge is -1.93. The lowest BCUT2D eigenvalue weighted by Crippen LogP contribution is -1.94. The van der Waals surface area contributed by atoms with Crippen molar-refractivity contribution in [2.75, 3.05) is 5.73 Å². The predicted molar refractivity (Wildman–Crippen MR) is 38.1 cm³/mol. The fraction of sp³-hybridized carbons (Fsp3) is 0. The summed E-state index contributed by atoms with van der Waals surface area (Å²) in [7, 11) is 0. The van der Waals surface area contributed by atoms with Crippen LogP contribution in [0.2, 0.25) is 0 Å². The SMILES string of the molecule is N#Cc1ccc(N)nc1C#N. The van der Waals surface area contributed by atoms with Crippen molar-refractivity contribution in [2.24, 2.45) is 0 Å². The van der Waals surface area contributed by atoms with Crippen LogP contribution in [0.5, 0.6) is 0 Å². The van der Waals surface area contributed by atoms with Crippen LogP contribution >= 0.6 is 0 Å². The van der Waals surface area contributed by atoms with Gasteiger partial charge >= 0.3 is 0 Å². The summed E-state index contributed by atoms with van der Waals surface area (Å²) in [6.45, 7) is 0. The molecule has 11 heavy (non-hydrogen) atoms. The topological polar surface area (TPSA) is 86.5 Å². The lowest BCUT2D eigenvalue weighted by molar-refractivity contribution is 1.25. The summed E-state index contributed by atoms with van der Waals surface area (Å²) in [5.74, 6) is 0.251. The molecule has 0 bridgehead atoms. The van der Waals surface area contributed by atoms with Gasteiger partial charge in [-0.25, -0.2) is 4.98 Å². The molecule has 0 spiro atoms. The number of hydrogen-bond acceptors (Lipinski definition) is 4. The number of anilines is 1. The summed E-state index contributed by atoms with van der Waals surface area (Å²) in [5, 5.41) is 16.9. The zero-order valence-corrected chi connectivity index (χ0v) is 5.57. The van der Waals surface area contributed by atoms with Gasteiger partial charge in [0.05, 0.1) is 5.56 Å². The van der Waals surface area contributed by atoms with Gasteiger partial charge in [0.25, 0.3) is 0 Å². The summed E-state index contributed by atoms with van der Waals surface area (Å²) in [5.41, 5.74) is 5.61. The average molecular weight is 144 g/mol. The fourth-order valence-electron chi connectivity index (χ4n) is 0.650. The second-order valence-corrected chi connectivity index (χ2v) is 1.86. The van der Waals surface area contributed by atoms with Crippen LogP contribution in [0.15, 0.2) is 12.1 Å². The van der Waals surface area contributed by atoms with Crippen molar-refractivity contribution in [3.8, 4) is 12.1 Å². The van der Waals surface area contributed by atoms with Gasteiger partial charge in [-0.1, -0.05) is 0 Å². The Morgan fingerprint density at radius 2 is 2.00 bits per heavy atom. The molecule has 4 heteroatoms. The number of rotatable bonds is 0. The minimum absolute atomic E-state index is 0.0764. The van der Waals surface area contributed by atoms with Crippen LogP contribution in [0.25, 0.3) is 0 Å². The molecule has 52 valence electrons. The Balaban J connectivity index is 3.34. The van der Waals surface area contributed by atoms with Gasteiger partial charge in [0.1, 0.15) is 18.0 Å². The molecule has 0 amide bonds. The third-order valence-electron chi connectivity index (χ3n) is 1.14. The van der Waals surface area contributed by atoms with Crippen molar-refractivity contribution < 1.29 is 0 Å². The van der Waals surface area contributed by atoms with Gasteiger partial charge in [0.2, 0.25) is 0 Å². The normalized spacial score (nSPS) is 8.18. The highest BCUT2D eigenvalue weighted by Crippen LogP contribution is 2.05. The first-order valence-electron chi connectivity index (χ1n) is 2.84. The van der Waals surface area contributed by atoms with Gasteiger partial charge in [0.15, 0.2) is 5.69 Å². The molecule has 0 radical (unpaired) electrons.